The van der Waals surface area contributed by atoms with Crippen LogP contribution in [0.4, 0.5) is 13.2 Å². The molecule has 0 atom stereocenters. The largest absolute Gasteiger partial charge is 0.433 e. The van der Waals surface area contributed by atoms with Gasteiger partial charge in [0.25, 0.3) is 0 Å². The van der Waals surface area contributed by atoms with Crippen molar-refractivity contribution in [3.63, 3.8) is 0 Å². The van der Waals surface area contributed by atoms with Crippen LogP contribution < -0.4 is 0 Å². The number of halogens is 4. The number of hydrogen-bond donors (Lipinski definition) is 0. The summed E-state index contributed by atoms with van der Waals surface area (Å²) in [6.07, 6.45) is -3.38. The number of aromatic nitrogens is 2. The first kappa shape index (κ1) is 12.3. The van der Waals surface area contributed by atoms with Gasteiger partial charge in [0.15, 0.2) is 5.16 Å². The molecular formula is C8H6ClF3N2S. The highest BCUT2D eigenvalue weighted by molar-refractivity contribution is 7.99. The van der Waals surface area contributed by atoms with Gasteiger partial charge in [0.2, 0.25) is 0 Å². The first-order chi connectivity index (χ1) is 6.89. The lowest BCUT2D eigenvalue weighted by Crippen LogP contribution is -2.08. The van der Waals surface area contributed by atoms with E-state index in [9.17, 15) is 13.2 Å². The molecule has 0 fully saturated rings. The van der Waals surface area contributed by atoms with E-state index in [4.69, 9.17) is 11.6 Å². The Morgan fingerprint density at radius 3 is 2.73 bits per heavy atom. The lowest BCUT2D eigenvalue weighted by atomic mass is 10.4. The van der Waals surface area contributed by atoms with Crippen LogP contribution in [0.3, 0.4) is 0 Å². The molecule has 1 aromatic heterocycles. The summed E-state index contributed by atoms with van der Waals surface area (Å²) in [7, 11) is 0. The van der Waals surface area contributed by atoms with Gasteiger partial charge in [-0.3, -0.25) is 0 Å². The topological polar surface area (TPSA) is 25.8 Å². The van der Waals surface area contributed by atoms with E-state index >= 15 is 0 Å². The second-order valence-electron chi connectivity index (χ2n) is 2.53. The minimum absolute atomic E-state index is 0.0339. The van der Waals surface area contributed by atoms with Crippen molar-refractivity contribution in [2.75, 3.05) is 5.75 Å². The van der Waals surface area contributed by atoms with E-state index in [0.717, 1.165) is 24.0 Å². The lowest BCUT2D eigenvalue weighted by molar-refractivity contribution is -0.141. The summed E-state index contributed by atoms with van der Waals surface area (Å²) in [4.78, 5) is 7.02. The van der Waals surface area contributed by atoms with Crippen molar-refractivity contribution >= 4 is 23.4 Å². The van der Waals surface area contributed by atoms with Gasteiger partial charge in [0.1, 0.15) is 5.69 Å². The third-order valence-corrected chi connectivity index (χ3v) is 2.52. The number of alkyl halides is 3. The smallest absolute Gasteiger partial charge is 0.231 e. The van der Waals surface area contributed by atoms with Crippen molar-refractivity contribution < 1.29 is 13.2 Å². The van der Waals surface area contributed by atoms with Crippen LogP contribution in [-0.2, 0) is 6.18 Å². The molecule has 2 nitrogen and oxygen atoms in total. The zero-order chi connectivity index (χ0) is 11.5. The van der Waals surface area contributed by atoms with Crippen molar-refractivity contribution in [1.82, 2.24) is 9.97 Å². The summed E-state index contributed by atoms with van der Waals surface area (Å²) in [6.45, 7) is 3.41. The number of rotatable bonds is 3. The fourth-order valence-corrected chi connectivity index (χ4v) is 1.46. The van der Waals surface area contributed by atoms with Gasteiger partial charge in [0, 0.05) is 17.0 Å². The van der Waals surface area contributed by atoms with E-state index in [2.05, 4.69) is 16.5 Å². The molecule has 0 amide bonds. The fraction of sp³-hybridized carbons (Fsp3) is 0.250. The van der Waals surface area contributed by atoms with Crippen LogP contribution in [0.25, 0.3) is 0 Å². The Balaban J connectivity index is 2.79. The number of thioether (sulfide) groups is 1. The van der Waals surface area contributed by atoms with Crippen molar-refractivity contribution in [3.8, 4) is 0 Å². The average molecular weight is 255 g/mol. The maximum atomic E-state index is 12.2. The summed E-state index contributed by atoms with van der Waals surface area (Å²) in [5.41, 5.74) is -0.958. The lowest BCUT2D eigenvalue weighted by Gasteiger charge is -2.05. The van der Waals surface area contributed by atoms with Crippen molar-refractivity contribution in [2.24, 2.45) is 0 Å². The Bertz CT molecular complexity index is 367. The molecule has 1 rings (SSSR count). The number of nitrogens with zero attached hydrogens (tertiary/aromatic N) is 2. The van der Waals surface area contributed by atoms with Crippen LogP contribution in [0.2, 0.25) is 0 Å². The van der Waals surface area contributed by atoms with Gasteiger partial charge < -0.3 is 0 Å². The van der Waals surface area contributed by atoms with Gasteiger partial charge in [0.05, 0.1) is 0 Å². The van der Waals surface area contributed by atoms with Crippen LogP contribution >= 0.6 is 23.4 Å². The summed E-state index contributed by atoms with van der Waals surface area (Å²) in [5.74, 6) is 0.281. The maximum absolute atomic E-state index is 12.2. The molecule has 0 aliphatic carbocycles. The summed E-state index contributed by atoms with van der Waals surface area (Å²) >= 11 is 6.47. The molecule has 0 saturated heterocycles. The van der Waals surface area contributed by atoms with Crippen molar-refractivity contribution in [3.05, 3.63) is 29.6 Å². The van der Waals surface area contributed by atoms with E-state index in [-0.39, 0.29) is 10.9 Å². The predicted molar refractivity (Wildman–Crippen MR) is 52.8 cm³/mol. The molecule has 1 heterocycles. The minimum atomic E-state index is -4.45. The molecule has 82 valence electrons. The molecule has 0 N–H and O–H groups in total. The highest BCUT2D eigenvalue weighted by Crippen LogP contribution is 2.28. The molecular weight excluding hydrogens is 249 g/mol. The van der Waals surface area contributed by atoms with Gasteiger partial charge in [-0.25, -0.2) is 9.97 Å². The van der Waals surface area contributed by atoms with Crippen molar-refractivity contribution in [1.29, 1.82) is 0 Å². The first-order valence-electron chi connectivity index (χ1n) is 3.76. The minimum Gasteiger partial charge on any atom is -0.231 e. The molecule has 1 aromatic rings. The predicted octanol–water partition coefficient (Wildman–Crippen LogP) is 3.34. The van der Waals surface area contributed by atoms with Gasteiger partial charge in [-0.05, 0) is 6.07 Å². The maximum Gasteiger partial charge on any atom is 0.433 e. The normalized spacial score (nSPS) is 11.5. The molecule has 0 bridgehead atoms. The molecule has 0 aliphatic rings. The Morgan fingerprint density at radius 2 is 2.20 bits per heavy atom. The van der Waals surface area contributed by atoms with E-state index < -0.39 is 11.9 Å². The Labute approximate surface area is 93.6 Å². The second kappa shape index (κ2) is 4.85. The highest BCUT2D eigenvalue weighted by atomic mass is 35.5. The second-order valence-corrected chi connectivity index (χ2v) is 4.01. The summed E-state index contributed by atoms with van der Waals surface area (Å²) in [5, 5.41) is 0.368. The van der Waals surface area contributed by atoms with Crippen LogP contribution in [0.15, 0.2) is 29.0 Å². The molecule has 0 saturated carbocycles. The van der Waals surface area contributed by atoms with Crippen LogP contribution in [0.1, 0.15) is 5.69 Å². The van der Waals surface area contributed by atoms with Gasteiger partial charge in [-0.2, -0.15) is 13.2 Å². The van der Waals surface area contributed by atoms with Crippen LogP contribution in [0.5, 0.6) is 0 Å². The molecule has 15 heavy (non-hydrogen) atoms. The SMILES string of the molecule is C=C(Cl)CSc1nccc(C(F)(F)F)n1. The third-order valence-electron chi connectivity index (χ3n) is 1.28. The molecule has 0 aromatic carbocycles. The zero-order valence-electron chi connectivity index (χ0n) is 7.38. The Hall–Kier alpha value is -0.750. The Morgan fingerprint density at radius 1 is 1.53 bits per heavy atom. The van der Waals surface area contributed by atoms with Gasteiger partial charge in [-0.1, -0.05) is 29.9 Å². The summed E-state index contributed by atoms with van der Waals surface area (Å²) in [6, 6.07) is 0.819. The van der Waals surface area contributed by atoms with Gasteiger partial charge >= 0.3 is 6.18 Å². The highest BCUT2D eigenvalue weighted by Gasteiger charge is 2.32. The van der Waals surface area contributed by atoms with Crippen LogP contribution in [0, 0.1) is 0 Å². The van der Waals surface area contributed by atoms with E-state index in [0.29, 0.717) is 5.03 Å². The van der Waals surface area contributed by atoms with Crippen LogP contribution in [-0.4, -0.2) is 15.7 Å². The van der Waals surface area contributed by atoms with E-state index in [1.54, 1.807) is 0 Å². The molecule has 0 unspecified atom stereocenters. The monoisotopic (exact) mass is 254 g/mol. The average Bonchev–Trinajstić information content (AvgIpc) is 2.14. The molecule has 0 aliphatic heterocycles. The van der Waals surface area contributed by atoms with E-state index in [1.807, 2.05) is 0 Å². The summed E-state index contributed by atoms with van der Waals surface area (Å²) < 4.78 is 36.7. The van der Waals surface area contributed by atoms with E-state index in [1.165, 1.54) is 0 Å². The Kier molecular flexibility index (Phi) is 3.98. The van der Waals surface area contributed by atoms with Gasteiger partial charge in [-0.15, -0.1) is 0 Å². The molecule has 0 spiro atoms. The first-order valence-corrected chi connectivity index (χ1v) is 5.12. The molecule has 7 heteroatoms. The third kappa shape index (κ3) is 4.09. The number of hydrogen-bond acceptors (Lipinski definition) is 3. The zero-order valence-corrected chi connectivity index (χ0v) is 8.96. The quantitative estimate of drug-likeness (QED) is 0.611. The van der Waals surface area contributed by atoms with Crippen molar-refractivity contribution in [2.45, 2.75) is 11.3 Å². The fourth-order valence-electron chi connectivity index (χ4n) is 0.711. The molecule has 0 radical (unpaired) electrons. The standard InChI is InChI=1S/C8H6ClF3N2S/c1-5(9)4-15-7-13-3-2-6(14-7)8(10,11)12/h2-3H,1,4H2.